The molecule has 10 heteroatoms. The summed E-state index contributed by atoms with van der Waals surface area (Å²) in [5, 5.41) is 16.5. The van der Waals surface area contributed by atoms with Gasteiger partial charge >= 0.3 is 6.01 Å². The molecule has 40 heavy (non-hydrogen) atoms. The third-order valence-electron chi connectivity index (χ3n) is 8.93. The molecule has 3 atom stereocenters. The summed E-state index contributed by atoms with van der Waals surface area (Å²) in [4.78, 5) is 18.4. The van der Waals surface area contributed by atoms with Crippen LogP contribution in [0.2, 0.25) is 5.02 Å². The average Bonchev–Trinajstić information content (AvgIpc) is 3.68. The zero-order chi connectivity index (χ0) is 27.4. The molecule has 3 saturated heterocycles. The fraction of sp³-hybridized carbons (Fsp3) is 0.433. The number of aromatic nitrogens is 3. The van der Waals surface area contributed by atoms with Crippen molar-refractivity contribution in [2.75, 3.05) is 44.7 Å². The van der Waals surface area contributed by atoms with Gasteiger partial charge in [-0.05, 0) is 50.2 Å². The molecule has 7 rings (SSSR count). The molecule has 3 aliphatic rings. The first-order valence-corrected chi connectivity index (χ1v) is 14.3. The third-order valence-corrected chi connectivity index (χ3v) is 9.24. The predicted octanol–water partition coefficient (Wildman–Crippen LogP) is 4.41. The molecular weight excluding hydrogens is 531 g/mol. The summed E-state index contributed by atoms with van der Waals surface area (Å²) in [7, 11) is 1.98. The number of pyridine rings is 1. The molecule has 0 amide bonds. The quantitative estimate of drug-likeness (QED) is 0.357. The van der Waals surface area contributed by atoms with Gasteiger partial charge in [-0.1, -0.05) is 41.9 Å². The average molecular weight is 563 g/mol. The van der Waals surface area contributed by atoms with Crippen molar-refractivity contribution in [2.24, 2.45) is 0 Å². The summed E-state index contributed by atoms with van der Waals surface area (Å²) < 4.78 is 22.8. The Kier molecular flexibility index (Phi) is 6.50. The molecule has 0 unspecified atom stereocenters. The van der Waals surface area contributed by atoms with Crippen LogP contribution in [0, 0.1) is 5.82 Å². The van der Waals surface area contributed by atoms with Crippen LogP contribution in [0.15, 0.2) is 42.6 Å². The molecule has 0 aliphatic carbocycles. The van der Waals surface area contributed by atoms with Gasteiger partial charge in [0.05, 0.1) is 17.0 Å². The van der Waals surface area contributed by atoms with Crippen molar-refractivity contribution in [2.45, 2.75) is 43.4 Å². The second kappa shape index (κ2) is 10.1. The number of aliphatic hydroxyl groups is 1. The molecule has 0 radical (unpaired) electrons. The van der Waals surface area contributed by atoms with Crippen LogP contribution in [-0.4, -0.2) is 82.5 Å². The number of β-amino-alcohol motifs (C(OH)–C–C–N with tert-alkyl or cyclic N) is 1. The first-order valence-electron chi connectivity index (χ1n) is 14.0. The Hall–Kier alpha value is -3.11. The van der Waals surface area contributed by atoms with Crippen molar-refractivity contribution in [3.8, 4) is 17.3 Å². The first kappa shape index (κ1) is 25.8. The van der Waals surface area contributed by atoms with Gasteiger partial charge in [0.1, 0.15) is 23.6 Å². The number of hydrogen-bond acceptors (Lipinski definition) is 8. The molecule has 0 saturated carbocycles. The van der Waals surface area contributed by atoms with Crippen LogP contribution in [0.5, 0.6) is 6.01 Å². The molecule has 5 heterocycles. The van der Waals surface area contributed by atoms with E-state index in [0.29, 0.717) is 41.4 Å². The molecule has 8 nitrogen and oxygen atoms in total. The normalized spacial score (nSPS) is 24.7. The molecule has 2 N–H and O–H groups in total. The van der Waals surface area contributed by atoms with Crippen molar-refractivity contribution >= 4 is 39.1 Å². The van der Waals surface area contributed by atoms with Crippen molar-refractivity contribution < 1.29 is 14.2 Å². The Labute approximate surface area is 237 Å². The second-order valence-electron chi connectivity index (χ2n) is 11.3. The molecular formula is C30H32ClFN6O2. The van der Waals surface area contributed by atoms with Crippen molar-refractivity contribution in [1.29, 1.82) is 0 Å². The Morgan fingerprint density at radius 2 is 2.10 bits per heavy atom. The highest BCUT2D eigenvalue weighted by Gasteiger charge is 2.48. The number of likely N-dealkylation sites (N-methyl/N-ethyl adjacent to an activating group) is 1. The summed E-state index contributed by atoms with van der Waals surface area (Å²) >= 11 is 6.57. The van der Waals surface area contributed by atoms with Gasteiger partial charge in [-0.3, -0.25) is 9.88 Å². The minimum absolute atomic E-state index is 0.134. The number of nitrogens with one attached hydrogen (secondary N) is 1. The zero-order valence-electron chi connectivity index (χ0n) is 22.4. The standard InChI is InChI=1S/C30H32ClFN6O2/c1-37(19-9-11-33-14-19)28-22-15-34-26(21-7-2-5-18-6-3-8-23(31)24(18)21)25(32)27(22)35-29(36-28)40-17-30-10-4-12-38(30)16-20(39)13-30/h2-3,5-8,15,19-20,33,39H,4,9-14,16-17H2,1H3/t19-,20-,30+/m1/s1. The fourth-order valence-corrected chi connectivity index (χ4v) is 7.15. The summed E-state index contributed by atoms with van der Waals surface area (Å²) in [6.07, 6.45) is 4.92. The van der Waals surface area contributed by atoms with Gasteiger partial charge in [0.25, 0.3) is 0 Å². The zero-order valence-corrected chi connectivity index (χ0v) is 23.2. The smallest absolute Gasteiger partial charge is 0.319 e. The largest absolute Gasteiger partial charge is 0.461 e. The SMILES string of the molecule is CN(c1nc(OC[C@@]23CCCN2C[C@H](O)C3)nc2c(F)c(-c3cccc4cccc(Cl)c34)ncc12)[C@@H]1CCNC1. The molecule has 2 aromatic carbocycles. The van der Waals surface area contributed by atoms with E-state index in [2.05, 4.69) is 25.1 Å². The maximum absolute atomic E-state index is 16.5. The van der Waals surface area contributed by atoms with Crippen LogP contribution in [0.3, 0.4) is 0 Å². The van der Waals surface area contributed by atoms with Crippen molar-refractivity contribution in [3.63, 3.8) is 0 Å². The highest BCUT2D eigenvalue weighted by atomic mass is 35.5. The van der Waals surface area contributed by atoms with E-state index in [1.165, 1.54) is 0 Å². The van der Waals surface area contributed by atoms with Gasteiger partial charge in [-0.2, -0.15) is 9.97 Å². The van der Waals surface area contributed by atoms with E-state index in [1.807, 2.05) is 37.4 Å². The number of anilines is 1. The highest BCUT2D eigenvalue weighted by Crippen LogP contribution is 2.40. The minimum Gasteiger partial charge on any atom is -0.461 e. The molecule has 208 valence electrons. The number of halogens is 2. The lowest BCUT2D eigenvalue weighted by atomic mass is 9.94. The lowest BCUT2D eigenvalue weighted by Gasteiger charge is -2.31. The van der Waals surface area contributed by atoms with E-state index in [-0.39, 0.29) is 34.9 Å². The van der Waals surface area contributed by atoms with Crippen molar-refractivity contribution in [1.82, 2.24) is 25.2 Å². The molecule has 3 fully saturated rings. The van der Waals surface area contributed by atoms with Crippen LogP contribution >= 0.6 is 11.6 Å². The van der Waals surface area contributed by atoms with Crippen LogP contribution < -0.4 is 15.0 Å². The maximum Gasteiger partial charge on any atom is 0.319 e. The van der Waals surface area contributed by atoms with E-state index >= 15 is 4.39 Å². The van der Waals surface area contributed by atoms with Crippen LogP contribution in [0.4, 0.5) is 10.2 Å². The topological polar surface area (TPSA) is 86.6 Å². The van der Waals surface area contributed by atoms with E-state index in [0.717, 1.165) is 49.7 Å². The third kappa shape index (κ3) is 4.27. The van der Waals surface area contributed by atoms with Gasteiger partial charge in [0.2, 0.25) is 0 Å². The summed E-state index contributed by atoms with van der Waals surface area (Å²) in [6.45, 7) is 3.68. The second-order valence-corrected chi connectivity index (χ2v) is 11.7. The van der Waals surface area contributed by atoms with E-state index in [9.17, 15) is 5.11 Å². The predicted molar refractivity (Wildman–Crippen MR) is 155 cm³/mol. The van der Waals surface area contributed by atoms with Crippen LogP contribution in [0.25, 0.3) is 32.9 Å². The monoisotopic (exact) mass is 562 g/mol. The Morgan fingerprint density at radius 3 is 2.92 bits per heavy atom. The number of nitrogens with zero attached hydrogens (tertiary/aromatic N) is 5. The van der Waals surface area contributed by atoms with E-state index in [1.54, 1.807) is 12.3 Å². The first-order chi connectivity index (χ1) is 19.4. The Bertz CT molecular complexity index is 1590. The number of hydrogen-bond donors (Lipinski definition) is 2. The van der Waals surface area contributed by atoms with Crippen molar-refractivity contribution in [3.05, 3.63) is 53.4 Å². The Balaban J connectivity index is 1.34. The highest BCUT2D eigenvalue weighted by molar-refractivity contribution is 6.36. The molecule has 4 aromatic rings. The van der Waals surface area contributed by atoms with Gasteiger partial charge in [0.15, 0.2) is 5.82 Å². The number of rotatable bonds is 6. The number of benzene rings is 2. The van der Waals surface area contributed by atoms with Gasteiger partial charge in [-0.25, -0.2) is 4.39 Å². The summed E-state index contributed by atoms with van der Waals surface area (Å²) in [5.74, 6) is 0.0585. The van der Waals surface area contributed by atoms with Crippen LogP contribution in [0.1, 0.15) is 25.7 Å². The molecule has 0 spiro atoms. The van der Waals surface area contributed by atoms with Gasteiger partial charge < -0.3 is 20.1 Å². The summed E-state index contributed by atoms with van der Waals surface area (Å²) in [5.41, 5.74) is 0.727. The number of aliphatic hydroxyl groups excluding tert-OH is 1. The van der Waals surface area contributed by atoms with Crippen LogP contribution in [-0.2, 0) is 0 Å². The number of fused-ring (bicyclic) bond motifs is 3. The van der Waals surface area contributed by atoms with E-state index in [4.69, 9.17) is 21.3 Å². The fourth-order valence-electron chi connectivity index (χ4n) is 6.87. The molecule has 2 aromatic heterocycles. The summed E-state index contributed by atoms with van der Waals surface area (Å²) in [6, 6.07) is 11.6. The van der Waals surface area contributed by atoms with E-state index < -0.39 is 5.82 Å². The van der Waals surface area contributed by atoms with Gasteiger partial charge in [0, 0.05) is 48.3 Å². The maximum atomic E-state index is 16.5. The molecule has 0 bridgehead atoms. The lowest BCUT2D eigenvalue weighted by molar-refractivity contribution is 0.107. The van der Waals surface area contributed by atoms with Gasteiger partial charge in [-0.15, -0.1) is 0 Å². The molecule has 3 aliphatic heterocycles. The number of ether oxygens (including phenoxy) is 1. The lowest BCUT2D eigenvalue weighted by Crippen LogP contribution is -2.43. The minimum atomic E-state index is -0.534. The Morgan fingerprint density at radius 1 is 1.25 bits per heavy atom.